The maximum absolute atomic E-state index is 12.3. The molecule has 0 aromatic heterocycles. The van der Waals surface area contributed by atoms with Gasteiger partial charge in [0.25, 0.3) is 0 Å². The number of carboxylic acid groups (broad SMARTS) is 1. The number of fused-ring (bicyclic) bond motifs is 1. The highest BCUT2D eigenvalue weighted by Crippen LogP contribution is 2.36. The van der Waals surface area contributed by atoms with E-state index in [0.717, 1.165) is 25.4 Å². The average Bonchev–Trinajstić information content (AvgIpc) is 2.37. The summed E-state index contributed by atoms with van der Waals surface area (Å²) >= 11 is 0. The maximum Gasteiger partial charge on any atom is 0.309 e. The third-order valence-electron chi connectivity index (χ3n) is 4.82. The lowest BCUT2D eigenvalue weighted by Crippen LogP contribution is -2.46. The zero-order valence-corrected chi connectivity index (χ0v) is 12.0. The fourth-order valence-electron chi connectivity index (χ4n) is 3.39. The van der Waals surface area contributed by atoms with Gasteiger partial charge in [-0.25, -0.2) is 0 Å². The number of nitrogens with zero attached hydrogens (tertiary/aromatic N) is 1. The lowest BCUT2D eigenvalue weighted by molar-refractivity contribution is -0.152. The molecule has 0 bridgehead atoms. The molecule has 1 heterocycles. The van der Waals surface area contributed by atoms with Crippen LogP contribution in [0.1, 0.15) is 52.4 Å². The third kappa shape index (κ3) is 3.28. The van der Waals surface area contributed by atoms with Crippen LogP contribution >= 0.6 is 0 Å². The molecule has 0 aromatic carbocycles. The number of likely N-dealkylation sites (tertiary alicyclic amines) is 1. The quantitative estimate of drug-likeness (QED) is 0.855. The van der Waals surface area contributed by atoms with Gasteiger partial charge in [0, 0.05) is 19.5 Å². The van der Waals surface area contributed by atoms with E-state index < -0.39 is 11.4 Å². The number of aliphatic carboxylic acids is 1. The summed E-state index contributed by atoms with van der Waals surface area (Å²) in [5.41, 5.74) is -0.958. The van der Waals surface area contributed by atoms with Gasteiger partial charge in [0.1, 0.15) is 0 Å². The normalized spacial score (nSPS) is 27.8. The zero-order chi connectivity index (χ0) is 14.0. The molecule has 1 amide bonds. The van der Waals surface area contributed by atoms with Crippen molar-refractivity contribution in [3.63, 3.8) is 0 Å². The molecular weight excluding hydrogens is 242 g/mol. The number of amides is 1. The summed E-state index contributed by atoms with van der Waals surface area (Å²) in [7, 11) is 0. The van der Waals surface area contributed by atoms with Gasteiger partial charge in [-0.05, 0) is 38.5 Å². The lowest BCUT2D eigenvalue weighted by Gasteiger charge is -2.41. The van der Waals surface area contributed by atoms with Crippen LogP contribution in [0.3, 0.4) is 0 Å². The van der Waals surface area contributed by atoms with Crippen LogP contribution < -0.4 is 0 Å². The Balaban J connectivity index is 1.92. The van der Waals surface area contributed by atoms with E-state index in [4.69, 9.17) is 5.11 Å². The Labute approximate surface area is 115 Å². The fourth-order valence-corrected chi connectivity index (χ4v) is 3.39. The monoisotopic (exact) mass is 267 g/mol. The number of hydrogen-bond donors (Lipinski definition) is 1. The minimum absolute atomic E-state index is 0.0106. The van der Waals surface area contributed by atoms with Gasteiger partial charge in [-0.1, -0.05) is 19.3 Å². The third-order valence-corrected chi connectivity index (χ3v) is 4.82. The fraction of sp³-hybridized carbons (Fsp3) is 0.867. The molecule has 2 rings (SSSR count). The van der Waals surface area contributed by atoms with E-state index in [9.17, 15) is 9.59 Å². The molecule has 1 aliphatic carbocycles. The molecule has 1 aliphatic heterocycles. The molecule has 0 spiro atoms. The van der Waals surface area contributed by atoms with E-state index in [-0.39, 0.29) is 12.3 Å². The average molecular weight is 267 g/mol. The summed E-state index contributed by atoms with van der Waals surface area (Å²) in [6, 6.07) is 0. The summed E-state index contributed by atoms with van der Waals surface area (Å²) < 4.78 is 0. The first-order chi connectivity index (χ1) is 8.90. The van der Waals surface area contributed by atoms with Crippen molar-refractivity contribution >= 4 is 11.9 Å². The van der Waals surface area contributed by atoms with E-state index in [1.165, 1.54) is 25.7 Å². The lowest BCUT2D eigenvalue weighted by atomic mass is 9.75. The largest absolute Gasteiger partial charge is 0.481 e. The molecular formula is C15H25NO3. The molecule has 19 heavy (non-hydrogen) atoms. The highest BCUT2D eigenvalue weighted by atomic mass is 16.4. The number of rotatable bonds is 3. The topological polar surface area (TPSA) is 57.6 Å². The molecule has 0 radical (unpaired) electrons. The van der Waals surface area contributed by atoms with Gasteiger partial charge in [-0.15, -0.1) is 0 Å². The van der Waals surface area contributed by atoms with Crippen molar-refractivity contribution in [1.29, 1.82) is 0 Å². The van der Waals surface area contributed by atoms with Crippen LogP contribution in [0.15, 0.2) is 0 Å². The van der Waals surface area contributed by atoms with E-state index in [0.29, 0.717) is 5.92 Å². The molecule has 108 valence electrons. The van der Waals surface area contributed by atoms with Crippen LogP contribution in [0.2, 0.25) is 0 Å². The van der Waals surface area contributed by atoms with Crippen molar-refractivity contribution in [3.05, 3.63) is 0 Å². The Hall–Kier alpha value is -1.06. The molecule has 2 fully saturated rings. The molecule has 1 N–H and O–H groups in total. The number of carboxylic acids is 1. The highest BCUT2D eigenvalue weighted by Gasteiger charge is 2.36. The van der Waals surface area contributed by atoms with Crippen molar-refractivity contribution in [3.8, 4) is 0 Å². The Morgan fingerprint density at radius 2 is 1.79 bits per heavy atom. The molecule has 1 saturated carbocycles. The second-order valence-corrected chi connectivity index (χ2v) is 6.80. The van der Waals surface area contributed by atoms with E-state index >= 15 is 0 Å². The Morgan fingerprint density at radius 1 is 1.16 bits per heavy atom. The SMILES string of the molecule is CC(C)(CC(=O)N1CCC2CCCCC2C1)C(=O)O. The summed E-state index contributed by atoms with van der Waals surface area (Å²) in [5, 5.41) is 9.11. The molecule has 4 heteroatoms. The Morgan fingerprint density at radius 3 is 2.42 bits per heavy atom. The van der Waals surface area contributed by atoms with Gasteiger partial charge in [-0.2, -0.15) is 0 Å². The number of carbonyl (C=O) groups is 2. The first-order valence-corrected chi connectivity index (χ1v) is 7.41. The second kappa shape index (κ2) is 5.51. The van der Waals surface area contributed by atoms with Gasteiger partial charge in [0.05, 0.1) is 5.41 Å². The summed E-state index contributed by atoms with van der Waals surface area (Å²) in [6.45, 7) is 4.91. The van der Waals surface area contributed by atoms with Gasteiger partial charge >= 0.3 is 5.97 Å². The summed E-state index contributed by atoms with van der Waals surface area (Å²) in [5.74, 6) is 0.564. The van der Waals surface area contributed by atoms with Gasteiger partial charge in [0.15, 0.2) is 0 Å². The van der Waals surface area contributed by atoms with Crippen LogP contribution in [0.25, 0.3) is 0 Å². The highest BCUT2D eigenvalue weighted by molar-refractivity contribution is 5.84. The van der Waals surface area contributed by atoms with Crippen molar-refractivity contribution in [2.45, 2.75) is 52.4 Å². The maximum atomic E-state index is 12.3. The Bertz CT molecular complexity index is 364. The molecule has 1 saturated heterocycles. The van der Waals surface area contributed by atoms with E-state index in [1.54, 1.807) is 13.8 Å². The summed E-state index contributed by atoms with van der Waals surface area (Å²) in [6.07, 6.45) is 6.37. The minimum Gasteiger partial charge on any atom is -0.481 e. The van der Waals surface area contributed by atoms with Crippen LogP contribution in [-0.2, 0) is 9.59 Å². The molecule has 2 aliphatic rings. The number of hydrogen-bond acceptors (Lipinski definition) is 2. The first-order valence-electron chi connectivity index (χ1n) is 7.41. The van der Waals surface area contributed by atoms with Crippen LogP contribution in [0.5, 0.6) is 0 Å². The van der Waals surface area contributed by atoms with Gasteiger partial charge < -0.3 is 10.0 Å². The Kier molecular flexibility index (Phi) is 4.16. The van der Waals surface area contributed by atoms with Crippen molar-refractivity contribution in [2.24, 2.45) is 17.3 Å². The van der Waals surface area contributed by atoms with Crippen LogP contribution in [-0.4, -0.2) is 35.0 Å². The van der Waals surface area contributed by atoms with Crippen LogP contribution in [0.4, 0.5) is 0 Å². The first kappa shape index (κ1) is 14.4. The second-order valence-electron chi connectivity index (χ2n) is 6.80. The van der Waals surface area contributed by atoms with Crippen molar-refractivity contribution in [1.82, 2.24) is 4.90 Å². The van der Waals surface area contributed by atoms with Gasteiger partial charge in [-0.3, -0.25) is 9.59 Å². The minimum atomic E-state index is -0.958. The predicted molar refractivity (Wildman–Crippen MR) is 72.7 cm³/mol. The van der Waals surface area contributed by atoms with Crippen molar-refractivity contribution in [2.75, 3.05) is 13.1 Å². The number of carbonyl (C=O) groups excluding carboxylic acids is 1. The molecule has 0 aromatic rings. The number of piperidine rings is 1. The van der Waals surface area contributed by atoms with Crippen LogP contribution in [0, 0.1) is 17.3 Å². The smallest absolute Gasteiger partial charge is 0.309 e. The van der Waals surface area contributed by atoms with E-state index in [1.807, 2.05) is 4.90 Å². The van der Waals surface area contributed by atoms with E-state index in [2.05, 4.69) is 0 Å². The molecule has 2 atom stereocenters. The molecule has 2 unspecified atom stereocenters. The van der Waals surface area contributed by atoms with Gasteiger partial charge in [0.2, 0.25) is 5.91 Å². The standard InChI is InChI=1S/C15H25NO3/c1-15(2,14(18)19)9-13(17)16-8-7-11-5-3-4-6-12(11)10-16/h11-12H,3-10H2,1-2H3,(H,18,19). The van der Waals surface area contributed by atoms with Crippen molar-refractivity contribution < 1.29 is 14.7 Å². The zero-order valence-electron chi connectivity index (χ0n) is 12.0. The predicted octanol–water partition coefficient (Wildman–Crippen LogP) is 2.53. The molecule has 4 nitrogen and oxygen atoms in total. The summed E-state index contributed by atoms with van der Waals surface area (Å²) in [4.78, 5) is 25.3.